The zero-order valence-corrected chi connectivity index (χ0v) is 17.3. The zero-order valence-electron chi connectivity index (χ0n) is 17.3. The molecule has 0 atom stereocenters. The Morgan fingerprint density at radius 2 is 1.63 bits per heavy atom. The van der Waals surface area contributed by atoms with Gasteiger partial charge in [-0.15, -0.1) is 0 Å². The van der Waals surface area contributed by atoms with E-state index in [9.17, 15) is 14.0 Å². The molecule has 1 aliphatic rings. The van der Waals surface area contributed by atoms with E-state index in [0.29, 0.717) is 19.6 Å². The maximum absolute atomic E-state index is 13.1. The Bertz CT molecular complexity index is 1090. The smallest absolute Gasteiger partial charge is 0.329 e. The molecule has 6 nitrogen and oxygen atoms in total. The van der Waals surface area contributed by atoms with E-state index in [1.165, 1.54) is 12.1 Å². The third-order valence-electron chi connectivity index (χ3n) is 5.80. The lowest BCUT2D eigenvalue weighted by molar-refractivity contribution is -0.131. The standard InChI is InChI=1S/C23H27FN4O2/c1-2-27-20-6-3-4-7-21(20)28(23(27)30)17-22(29)26-13-5-12-25(14-15-26)16-18-8-10-19(24)11-9-18/h3-4,6-11H,2,5,12-17H2,1H3. The van der Waals surface area contributed by atoms with Crippen LogP contribution < -0.4 is 5.69 Å². The van der Waals surface area contributed by atoms with E-state index in [-0.39, 0.29) is 24.0 Å². The summed E-state index contributed by atoms with van der Waals surface area (Å²) in [5, 5.41) is 0. The van der Waals surface area contributed by atoms with E-state index in [1.54, 1.807) is 21.3 Å². The molecule has 0 spiro atoms. The lowest BCUT2D eigenvalue weighted by atomic mass is 10.2. The molecule has 1 aromatic heterocycles. The van der Waals surface area contributed by atoms with Gasteiger partial charge in [-0.3, -0.25) is 18.8 Å². The Balaban J connectivity index is 1.44. The molecular weight excluding hydrogens is 383 g/mol. The van der Waals surface area contributed by atoms with Gasteiger partial charge in [-0.1, -0.05) is 24.3 Å². The van der Waals surface area contributed by atoms with Crippen molar-refractivity contribution in [2.45, 2.75) is 33.0 Å². The van der Waals surface area contributed by atoms with Gasteiger partial charge < -0.3 is 4.90 Å². The van der Waals surface area contributed by atoms with Crippen molar-refractivity contribution in [1.29, 1.82) is 0 Å². The van der Waals surface area contributed by atoms with Crippen molar-refractivity contribution in [2.75, 3.05) is 26.2 Å². The first kappa shape index (κ1) is 20.3. The minimum atomic E-state index is -0.230. The van der Waals surface area contributed by atoms with Crippen LogP contribution in [0.4, 0.5) is 4.39 Å². The molecule has 1 aliphatic heterocycles. The number of nitrogens with zero attached hydrogens (tertiary/aromatic N) is 4. The summed E-state index contributed by atoms with van der Waals surface area (Å²) in [4.78, 5) is 30.0. The van der Waals surface area contributed by atoms with Crippen molar-refractivity contribution in [3.05, 3.63) is 70.4 Å². The normalized spacial score (nSPS) is 15.5. The number of para-hydroxylation sites is 2. The van der Waals surface area contributed by atoms with Crippen LogP contribution in [0.2, 0.25) is 0 Å². The average Bonchev–Trinajstić information content (AvgIpc) is 2.88. The average molecular weight is 410 g/mol. The summed E-state index contributed by atoms with van der Waals surface area (Å²) in [6.07, 6.45) is 0.874. The molecule has 0 N–H and O–H groups in total. The van der Waals surface area contributed by atoms with Crippen LogP contribution in [0.3, 0.4) is 0 Å². The molecule has 3 aromatic rings. The number of aryl methyl sites for hydroxylation is 1. The van der Waals surface area contributed by atoms with Gasteiger partial charge in [-0.05, 0) is 43.2 Å². The Morgan fingerprint density at radius 1 is 0.933 bits per heavy atom. The maximum Gasteiger partial charge on any atom is 0.329 e. The van der Waals surface area contributed by atoms with Crippen molar-refractivity contribution in [3.8, 4) is 0 Å². The van der Waals surface area contributed by atoms with Crippen molar-refractivity contribution >= 4 is 16.9 Å². The summed E-state index contributed by atoms with van der Waals surface area (Å²) in [5.41, 5.74) is 2.58. The lowest BCUT2D eigenvalue weighted by Crippen LogP contribution is -2.39. The van der Waals surface area contributed by atoms with Gasteiger partial charge in [0.1, 0.15) is 12.4 Å². The quantitative estimate of drug-likeness (QED) is 0.650. The van der Waals surface area contributed by atoms with Gasteiger partial charge in [0.05, 0.1) is 11.0 Å². The number of hydrogen-bond donors (Lipinski definition) is 0. The van der Waals surface area contributed by atoms with E-state index < -0.39 is 0 Å². The highest BCUT2D eigenvalue weighted by molar-refractivity contribution is 5.81. The number of hydrogen-bond acceptors (Lipinski definition) is 3. The molecule has 1 saturated heterocycles. The van der Waals surface area contributed by atoms with Crippen LogP contribution in [-0.2, 0) is 24.4 Å². The number of halogens is 1. The Hall–Kier alpha value is -2.93. The van der Waals surface area contributed by atoms with Gasteiger partial charge in [0, 0.05) is 39.3 Å². The minimum Gasteiger partial charge on any atom is -0.340 e. The van der Waals surface area contributed by atoms with Crippen molar-refractivity contribution in [2.24, 2.45) is 0 Å². The highest BCUT2D eigenvalue weighted by atomic mass is 19.1. The number of rotatable bonds is 5. The Labute approximate surface area is 175 Å². The van der Waals surface area contributed by atoms with Gasteiger partial charge >= 0.3 is 5.69 Å². The third kappa shape index (κ3) is 4.16. The van der Waals surface area contributed by atoms with Gasteiger partial charge in [0.2, 0.25) is 5.91 Å². The third-order valence-corrected chi connectivity index (χ3v) is 5.80. The fourth-order valence-electron chi connectivity index (χ4n) is 4.19. The molecule has 0 radical (unpaired) electrons. The molecule has 2 aromatic carbocycles. The molecule has 0 saturated carbocycles. The predicted octanol–water partition coefficient (Wildman–Crippen LogP) is 2.70. The van der Waals surface area contributed by atoms with Crippen molar-refractivity contribution < 1.29 is 9.18 Å². The van der Waals surface area contributed by atoms with E-state index in [2.05, 4.69) is 4.90 Å². The van der Waals surface area contributed by atoms with Crippen LogP contribution in [0.15, 0.2) is 53.3 Å². The predicted molar refractivity (Wildman–Crippen MR) is 115 cm³/mol. The number of aromatic nitrogens is 2. The van der Waals surface area contributed by atoms with Crippen molar-refractivity contribution in [3.63, 3.8) is 0 Å². The van der Waals surface area contributed by atoms with Crippen LogP contribution in [0.1, 0.15) is 18.9 Å². The summed E-state index contributed by atoms with van der Waals surface area (Å²) >= 11 is 0. The minimum absolute atomic E-state index is 0.0280. The molecular formula is C23H27FN4O2. The van der Waals surface area contributed by atoms with Crippen LogP contribution in [0.25, 0.3) is 11.0 Å². The van der Waals surface area contributed by atoms with Crippen LogP contribution in [-0.4, -0.2) is 51.0 Å². The molecule has 4 rings (SSSR count). The van der Waals surface area contributed by atoms with E-state index in [1.807, 2.05) is 36.1 Å². The first-order valence-corrected chi connectivity index (χ1v) is 10.5. The van der Waals surface area contributed by atoms with Gasteiger partial charge in [-0.25, -0.2) is 9.18 Å². The Kier molecular flexibility index (Phi) is 5.99. The molecule has 7 heteroatoms. The topological polar surface area (TPSA) is 50.5 Å². The first-order chi connectivity index (χ1) is 14.6. The second-order valence-corrected chi connectivity index (χ2v) is 7.74. The zero-order chi connectivity index (χ0) is 21.1. The summed E-state index contributed by atoms with van der Waals surface area (Å²) in [7, 11) is 0. The van der Waals surface area contributed by atoms with Crippen LogP contribution in [0, 0.1) is 5.82 Å². The molecule has 2 heterocycles. The van der Waals surface area contributed by atoms with E-state index >= 15 is 0 Å². The van der Waals surface area contributed by atoms with Crippen LogP contribution in [0.5, 0.6) is 0 Å². The SMILES string of the molecule is CCn1c(=O)n(CC(=O)N2CCCN(Cc3ccc(F)cc3)CC2)c2ccccc21. The monoisotopic (exact) mass is 410 g/mol. The van der Waals surface area contributed by atoms with Gasteiger partial charge in [-0.2, -0.15) is 0 Å². The fraction of sp³-hybridized carbons (Fsp3) is 0.391. The summed E-state index contributed by atoms with van der Waals surface area (Å²) in [6.45, 7) is 6.26. The molecule has 1 fully saturated rings. The summed E-state index contributed by atoms with van der Waals surface area (Å²) in [6, 6.07) is 14.2. The fourth-order valence-corrected chi connectivity index (χ4v) is 4.19. The van der Waals surface area contributed by atoms with E-state index in [0.717, 1.165) is 42.7 Å². The highest BCUT2D eigenvalue weighted by Gasteiger charge is 2.21. The van der Waals surface area contributed by atoms with E-state index in [4.69, 9.17) is 0 Å². The highest BCUT2D eigenvalue weighted by Crippen LogP contribution is 2.14. The molecule has 158 valence electrons. The number of benzene rings is 2. The number of carbonyl (C=O) groups excluding carboxylic acids is 1. The molecule has 1 amide bonds. The number of amides is 1. The lowest BCUT2D eigenvalue weighted by Gasteiger charge is -2.22. The number of carbonyl (C=O) groups is 1. The summed E-state index contributed by atoms with van der Waals surface area (Å²) < 4.78 is 16.4. The molecule has 0 aliphatic carbocycles. The van der Waals surface area contributed by atoms with Crippen molar-refractivity contribution in [1.82, 2.24) is 18.9 Å². The maximum atomic E-state index is 13.1. The molecule has 0 bridgehead atoms. The number of fused-ring (bicyclic) bond motifs is 1. The number of imidazole rings is 1. The largest absolute Gasteiger partial charge is 0.340 e. The first-order valence-electron chi connectivity index (χ1n) is 10.5. The van der Waals surface area contributed by atoms with Crippen LogP contribution >= 0.6 is 0 Å². The molecule has 30 heavy (non-hydrogen) atoms. The second kappa shape index (κ2) is 8.83. The van der Waals surface area contributed by atoms with Gasteiger partial charge in [0.15, 0.2) is 0 Å². The second-order valence-electron chi connectivity index (χ2n) is 7.74. The Morgan fingerprint density at radius 3 is 2.33 bits per heavy atom. The van der Waals surface area contributed by atoms with Gasteiger partial charge in [0.25, 0.3) is 0 Å². The summed E-state index contributed by atoms with van der Waals surface area (Å²) in [5.74, 6) is -0.259. The molecule has 0 unspecified atom stereocenters.